The molecule has 2 N–H and O–H groups in total. The lowest BCUT2D eigenvalue weighted by Gasteiger charge is -2.27. The van der Waals surface area contributed by atoms with Gasteiger partial charge in [0.1, 0.15) is 7.05 Å². The van der Waals surface area contributed by atoms with Crippen molar-refractivity contribution < 1.29 is 24.4 Å². The third kappa shape index (κ3) is 6.79. The molecule has 0 saturated carbocycles. The Morgan fingerprint density at radius 2 is 1.48 bits per heavy atom. The van der Waals surface area contributed by atoms with Gasteiger partial charge in [-0.2, -0.15) is 4.58 Å². The number of hydrogen-bond donors (Lipinski definition) is 2. The van der Waals surface area contributed by atoms with Crippen LogP contribution in [0.4, 0.5) is 11.4 Å². The average molecular weight is 544 g/mol. The third-order valence-electron chi connectivity index (χ3n) is 7.74. The summed E-state index contributed by atoms with van der Waals surface area (Å²) in [4.78, 5) is 22.3. The fraction of sp³-hybridized carbons (Fsp3) is 0.382. The summed E-state index contributed by atoms with van der Waals surface area (Å²) in [5, 5.41) is 16.3. The number of allylic oxidation sites excluding steroid dienone is 6. The Kier molecular flexibility index (Phi) is 9.91. The number of carbonyl (C=O) groups is 2. The van der Waals surface area contributed by atoms with E-state index in [1.807, 2.05) is 0 Å². The van der Waals surface area contributed by atoms with E-state index in [0.717, 1.165) is 32.7 Å². The molecule has 0 fully saturated rings. The minimum atomic E-state index is -0.833. The van der Waals surface area contributed by atoms with E-state index < -0.39 is 11.9 Å². The first-order valence-electron chi connectivity index (χ1n) is 13.9. The van der Waals surface area contributed by atoms with Gasteiger partial charge in [-0.1, -0.05) is 74.9 Å². The van der Waals surface area contributed by atoms with Crippen molar-refractivity contribution in [3.8, 4) is 0 Å². The summed E-state index contributed by atoms with van der Waals surface area (Å²) in [5.74, 6) is -1.55. The Morgan fingerprint density at radius 1 is 0.850 bits per heavy atom. The largest absolute Gasteiger partial charge is 0.481 e. The molecule has 40 heavy (non-hydrogen) atoms. The van der Waals surface area contributed by atoms with Gasteiger partial charge >= 0.3 is 5.97 Å². The topological polar surface area (TPSA) is 80.8 Å². The first kappa shape index (κ1) is 30.6. The maximum atomic E-state index is 10.8. The molecule has 4 rings (SSSR count). The number of fused-ring (bicyclic) bond motifs is 2. The van der Waals surface area contributed by atoms with Gasteiger partial charge < -0.3 is 15.1 Å². The third-order valence-corrected chi connectivity index (χ3v) is 7.74. The second-order valence-electron chi connectivity index (χ2n) is 11.4. The van der Waals surface area contributed by atoms with Gasteiger partial charge in [0, 0.05) is 54.4 Å². The van der Waals surface area contributed by atoms with Crippen molar-refractivity contribution in [2.24, 2.45) is 0 Å². The van der Waals surface area contributed by atoms with Crippen LogP contribution in [0.3, 0.4) is 0 Å². The number of unbranched alkanes of at least 4 members (excludes halogenated alkanes) is 2. The molecule has 6 heteroatoms. The van der Waals surface area contributed by atoms with Crippen molar-refractivity contribution in [3.63, 3.8) is 0 Å². The van der Waals surface area contributed by atoms with E-state index in [2.05, 4.69) is 123 Å². The van der Waals surface area contributed by atoms with Gasteiger partial charge in [0.2, 0.25) is 5.69 Å². The SMILES string of the molecule is CC(=O)O.C[N+]1=C(/C=C/C=C/C=C2/N(CCCCCC(=O)O)c3ccccc3C2(C)C)C(C)(C)c2ccccc21. The maximum Gasteiger partial charge on any atom is 0.303 e. The Morgan fingerprint density at radius 3 is 2.12 bits per heavy atom. The highest BCUT2D eigenvalue weighted by atomic mass is 16.4. The van der Waals surface area contributed by atoms with Crippen LogP contribution in [-0.4, -0.2) is 46.0 Å². The number of carboxylic acids is 2. The number of rotatable bonds is 9. The molecule has 6 nitrogen and oxygen atoms in total. The molecule has 0 radical (unpaired) electrons. The smallest absolute Gasteiger partial charge is 0.303 e. The van der Waals surface area contributed by atoms with Gasteiger partial charge in [-0.25, -0.2) is 0 Å². The first-order valence-corrected chi connectivity index (χ1v) is 13.9. The molecule has 2 aromatic rings. The summed E-state index contributed by atoms with van der Waals surface area (Å²) in [6.45, 7) is 11.1. The fourth-order valence-corrected chi connectivity index (χ4v) is 5.76. The summed E-state index contributed by atoms with van der Waals surface area (Å²) in [5.41, 5.74) is 7.70. The lowest BCUT2D eigenvalue weighted by Crippen LogP contribution is -2.27. The predicted octanol–water partition coefficient (Wildman–Crippen LogP) is 7.22. The fourth-order valence-electron chi connectivity index (χ4n) is 5.76. The standard InChI is InChI=1S/C32H38N2O2.C2H4O2/c1-31(2)24-16-11-13-18-26(24)33(5)28(31)20-8-6-9-21-29-32(3,4)25-17-12-14-19-27(25)34(29)23-15-7-10-22-30(35)36;1-2(3)4/h6,8-9,11-14,16-21H,7,10,15,22-23H2,1-5H3;1H3,(H,3,4)/p+1. The normalized spacial score (nSPS) is 17.8. The van der Waals surface area contributed by atoms with E-state index in [0.29, 0.717) is 0 Å². The molecule has 0 aromatic heterocycles. The Bertz CT molecular complexity index is 1360. The minimum absolute atomic E-state index is 0.0271. The highest BCUT2D eigenvalue weighted by Gasteiger charge is 2.42. The zero-order chi connectivity index (χ0) is 29.5. The van der Waals surface area contributed by atoms with Gasteiger partial charge in [-0.3, -0.25) is 9.59 Å². The molecule has 0 amide bonds. The predicted molar refractivity (Wildman–Crippen MR) is 163 cm³/mol. The Hall–Kier alpha value is -3.93. The van der Waals surface area contributed by atoms with Crippen molar-refractivity contribution in [1.82, 2.24) is 0 Å². The number of benzene rings is 2. The van der Waals surface area contributed by atoms with Gasteiger partial charge in [0.25, 0.3) is 5.97 Å². The van der Waals surface area contributed by atoms with E-state index >= 15 is 0 Å². The summed E-state index contributed by atoms with van der Waals surface area (Å²) < 4.78 is 2.29. The quantitative estimate of drug-likeness (QED) is 0.198. The summed E-state index contributed by atoms with van der Waals surface area (Å²) in [7, 11) is 2.14. The monoisotopic (exact) mass is 543 g/mol. The second kappa shape index (κ2) is 12.9. The van der Waals surface area contributed by atoms with Crippen LogP contribution in [0.5, 0.6) is 0 Å². The molecular formula is C34H43N2O4+. The van der Waals surface area contributed by atoms with E-state index in [4.69, 9.17) is 15.0 Å². The van der Waals surface area contributed by atoms with Gasteiger partial charge in [-0.05, 0) is 44.4 Å². The number of carboxylic acid groups (broad SMARTS) is 2. The lowest BCUT2D eigenvalue weighted by atomic mass is 9.81. The lowest BCUT2D eigenvalue weighted by molar-refractivity contribution is -0.401. The summed E-state index contributed by atoms with van der Waals surface area (Å²) in [6, 6.07) is 17.3. The number of anilines is 1. The molecule has 2 heterocycles. The zero-order valence-corrected chi connectivity index (χ0v) is 24.6. The molecular weight excluding hydrogens is 500 g/mol. The van der Waals surface area contributed by atoms with Gasteiger partial charge in [0.15, 0.2) is 5.71 Å². The molecule has 2 aliphatic heterocycles. The molecule has 212 valence electrons. The molecule has 0 bridgehead atoms. The van der Waals surface area contributed by atoms with E-state index in [1.165, 1.54) is 33.9 Å². The van der Waals surface area contributed by atoms with Crippen LogP contribution in [0.25, 0.3) is 0 Å². The number of aliphatic carboxylic acids is 2. The van der Waals surface area contributed by atoms with E-state index in [-0.39, 0.29) is 17.3 Å². The summed E-state index contributed by atoms with van der Waals surface area (Å²) >= 11 is 0. The number of para-hydroxylation sites is 2. The number of hydrogen-bond acceptors (Lipinski definition) is 3. The van der Waals surface area contributed by atoms with Crippen LogP contribution in [0.1, 0.15) is 71.4 Å². The zero-order valence-electron chi connectivity index (χ0n) is 24.6. The van der Waals surface area contributed by atoms with Crippen molar-refractivity contribution in [3.05, 3.63) is 95.7 Å². The first-order chi connectivity index (χ1) is 18.9. The molecule has 0 unspecified atom stereocenters. The number of nitrogens with zero attached hydrogens (tertiary/aromatic N) is 2. The van der Waals surface area contributed by atoms with Crippen LogP contribution in [0, 0.1) is 0 Å². The second-order valence-corrected chi connectivity index (χ2v) is 11.4. The molecule has 0 aliphatic carbocycles. The van der Waals surface area contributed by atoms with Gasteiger partial charge in [0.05, 0.1) is 5.41 Å². The van der Waals surface area contributed by atoms with Gasteiger partial charge in [-0.15, -0.1) is 0 Å². The molecule has 0 saturated heterocycles. The molecule has 0 atom stereocenters. The Labute approximate surface area is 238 Å². The van der Waals surface area contributed by atoms with E-state index in [1.54, 1.807) is 0 Å². The highest BCUT2D eigenvalue weighted by molar-refractivity contribution is 6.03. The van der Waals surface area contributed by atoms with Crippen molar-refractivity contribution in [2.75, 3.05) is 18.5 Å². The molecule has 0 spiro atoms. The van der Waals surface area contributed by atoms with Crippen LogP contribution in [-0.2, 0) is 20.4 Å². The van der Waals surface area contributed by atoms with Crippen LogP contribution in [0.15, 0.2) is 84.6 Å². The minimum Gasteiger partial charge on any atom is -0.481 e. The van der Waals surface area contributed by atoms with Crippen LogP contribution < -0.4 is 4.90 Å². The summed E-state index contributed by atoms with van der Waals surface area (Å²) in [6.07, 6.45) is 13.7. The van der Waals surface area contributed by atoms with Crippen LogP contribution >= 0.6 is 0 Å². The highest BCUT2D eigenvalue weighted by Crippen LogP contribution is 2.47. The molecule has 2 aromatic carbocycles. The molecule has 2 aliphatic rings. The van der Waals surface area contributed by atoms with Crippen molar-refractivity contribution >= 4 is 29.0 Å². The average Bonchev–Trinajstić information content (AvgIpc) is 3.22. The van der Waals surface area contributed by atoms with Crippen LogP contribution in [0.2, 0.25) is 0 Å². The van der Waals surface area contributed by atoms with E-state index in [9.17, 15) is 4.79 Å². The van der Waals surface area contributed by atoms with Crippen molar-refractivity contribution in [1.29, 1.82) is 0 Å². The Balaban J connectivity index is 0.00000103. The maximum absolute atomic E-state index is 10.8. The van der Waals surface area contributed by atoms with Crippen molar-refractivity contribution in [2.45, 2.75) is 71.1 Å².